The number of nitrogens with zero attached hydrogens (tertiary/aromatic N) is 1. The van der Waals surface area contributed by atoms with E-state index in [2.05, 4.69) is 10.6 Å². The third-order valence-corrected chi connectivity index (χ3v) is 5.66. The molecule has 0 saturated carbocycles. The molecular weight excluding hydrogens is 474 g/mol. The Morgan fingerprint density at radius 1 is 1.14 bits per heavy atom. The molecule has 1 aliphatic heterocycles. The molecule has 1 aliphatic rings. The van der Waals surface area contributed by atoms with E-state index in [1.807, 2.05) is 19.1 Å². The van der Waals surface area contributed by atoms with Crippen molar-refractivity contribution in [2.75, 3.05) is 11.9 Å². The normalized spacial score (nSPS) is 14.3. The number of furan rings is 1. The molecule has 3 N–H and O–H groups in total. The fourth-order valence-electron chi connectivity index (χ4n) is 3.56. The van der Waals surface area contributed by atoms with Crippen molar-refractivity contribution < 1.29 is 28.7 Å². The van der Waals surface area contributed by atoms with Gasteiger partial charge in [0, 0.05) is 17.3 Å². The summed E-state index contributed by atoms with van der Waals surface area (Å²) >= 11 is 6.18. The van der Waals surface area contributed by atoms with Crippen molar-refractivity contribution in [3.63, 3.8) is 0 Å². The minimum Gasteiger partial charge on any atom is -0.478 e. The highest BCUT2D eigenvalue weighted by Crippen LogP contribution is 2.31. The summed E-state index contributed by atoms with van der Waals surface area (Å²) in [7, 11) is 0. The number of imide groups is 1. The summed E-state index contributed by atoms with van der Waals surface area (Å²) in [5.74, 6) is -1.80. The monoisotopic (exact) mass is 493 g/mol. The SMILES string of the molecule is CCc1ccccc1NC(=O)CN1C(=O)N/C(=C/c2ccc(-c3cc(C(=O)O)ccc3Cl)o2)C1=O. The number of para-hydroxylation sites is 1. The van der Waals surface area contributed by atoms with Gasteiger partial charge in [0.2, 0.25) is 5.91 Å². The summed E-state index contributed by atoms with van der Waals surface area (Å²) in [5.41, 5.74) is 1.89. The quantitative estimate of drug-likeness (QED) is 0.330. The average Bonchev–Trinajstić information content (AvgIpc) is 3.39. The number of benzene rings is 2. The molecule has 4 amide bonds. The van der Waals surface area contributed by atoms with Crippen molar-refractivity contribution in [1.29, 1.82) is 0 Å². The Balaban J connectivity index is 1.49. The van der Waals surface area contributed by atoms with Gasteiger partial charge in [-0.3, -0.25) is 9.59 Å². The highest BCUT2D eigenvalue weighted by atomic mass is 35.5. The number of nitrogens with one attached hydrogen (secondary N) is 2. The summed E-state index contributed by atoms with van der Waals surface area (Å²) in [6.07, 6.45) is 2.03. The lowest BCUT2D eigenvalue weighted by Gasteiger charge is -2.13. The number of carboxylic acid groups (broad SMARTS) is 1. The van der Waals surface area contributed by atoms with Crippen molar-refractivity contribution in [3.05, 3.63) is 82.2 Å². The number of carboxylic acids is 1. The average molecular weight is 494 g/mol. The van der Waals surface area contributed by atoms with Crippen molar-refractivity contribution >= 4 is 47.2 Å². The van der Waals surface area contributed by atoms with Crippen LogP contribution >= 0.6 is 11.6 Å². The van der Waals surface area contributed by atoms with Gasteiger partial charge in [0.05, 0.1) is 10.6 Å². The molecule has 0 bridgehead atoms. The minimum absolute atomic E-state index is 0.0365. The summed E-state index contributed by atoms with van der Waals surface area (Å²) < 4.78 is 5.70. The first kappa shape index (κ1) is 23.8. The summed E-state index contributed by atoms with van der Waals surface area (Å²) in [6, 6.07) is 13.9. The zero-order valence-corrected chi connectivity index (χ0v) is 19.3. The predicted octanol–water partition coefficient (Wildman–Crippen LogP) is 4.39. The molecule has 35 heavy (non-hydrogen) atoms. The van der Waals surface area contributed by atoms with Gasteiger partial charge in [-0.05, 0) is 48.4 Å². The van der Waals surface area contributed by atoms with Gasteiger partial charge in [-0.2, -0.15) is 0 Å². The number of anilines is 1. The summed E-state index contributed by atoms with van der Waals surface area (Å²) in [6.45, 7) is 1.50. The Morgan fingerprint density at radius 3 is 2.66 bits per heavy atom. The molecule has 2 aromatic carbocycles. The van der Waals surface area contributed by atoms with Crippen LogP contribution in [0.5, 0.6) is 0 Å². The van der Waals surface area contributed by atoms with Crippen molar-refractivity contribution in [2.24, 2.45) is 0 Å². The van der Waals surface area contributed by atoms with Crippen LogP contribution in [0.4, 0.5) is 10.5 Å². The number of aryl methyl sites for hydroxylation is 1. The van der Waals surface area contributed by atoms with Crippen LogP contribution in [-0.2, 0) is 16.0 Å². The summed E-state index contributed by atoms with van der Waals surface area (Å²) in [4.78, 5) is 49.6. The van der Waals surface area contributed by atoms with E-state index in [1.54, 1.807) is 24.3 Å². The van der Waals surface area contributed by atoms with Gasteiger partial charge in [0.15, 0.2) is 0 Å². The van der Waals surface area contributed by atoms with Crippen molar-refractivity contribution in [3.8, 4) is 11.3 Å². The van der Waals surface area contributed by atoms with E-state index in [0.717, 1.165) is 10.5 Å². The summed E-state index contributed by atoms with van der Waals surface area (Å²) in [5, 5.41) is 14.6. The van der Waals surface area contributed by atoms with Crippen molar-refractivity contribution in [2.45, 2.75) is 13.3 Å². The number of amides is 4. The second-order valence-electron chi connectivity index (χ2n) is 7.64. The largest absolute Gasteiger partial charge is 0.478 e. The highest BCUT2D eigenvalue weighted by molar-refractivity contribution is 6.33. The molecule has 10 heteroatoms. The fraction of sp³-hybridized carbons (Fsp3) is 0.120. The van der Waals surface area contributed by atoms with Gasteiger partial charge in [-0.1, -0.05) is 36.7 Å². The lowest BCUT2D eigenvalue weighted by atomic mass is 10.1. The molecule has 178 valence electrons. The molecule has 0 unspecified atom stereocenters. The fourth-order valence-corrected chi connectivity index (χ4v) is 3.77. The van der Waals surface area contributed by atoms with E-state index in [1.165, 1.54) is 24.3 Å². The minimum atomic E-state index is -1.11. The predicted molar refractivity (Wildman–Crippen MR) is 129 cm³/mol. The van der Waals surface area contributed by atoms with E-state index in [-0.39, 0.29) is 27.8 Å². The Labute approximate surface area is 205 Å². The topological polar surface area (TPSA) is 129 Å². The molecule has 0 atom stereocenters. The number of rotatable bonds is 7. The van der Waals surface area contributed by atoms with E-state index >= 15 is 0 Å². The van der Waals surface area contributed by atoms with Gasteiger partial charge < -0.3 is 20.2 Å². The van der Waals surface area contributed by atoms with Crippen molar-refractivity contribution in [1.82, 2.24) is 10.2 Å². The molecule has 3 aromatic rings. The molecule has 0 radical (unpaired) electrons. The maximum absolute atomic E-state index is 12.7. The standard InChI is InChI=1S/C25H20ClN3O6/c1-2-14-5-3-4-6-19(14)27-22(30)13-29-23(31)20(28-25(29)34)12-16-8-10-21(35-16)17-11-15(24(32)33)7-9-18(17)26/h3-12H,2,13H2,1H3,(H,27,30)(H,28,34)(H,32,33)/b20-12+. The molecule has 2 heterocycles. The van der Waals surface area contributed by atoms with Crippen LogP contribution in [0.25, 0.3) is 17.4 Å². The lowest BCUT2D eigenvalue weighted by molar-refractivity contribution is -0.127. The van der Waals surface area contributed by atoms with Gasteiger partial charge in [0.1, 0.15) is 23.8 Å². The second kappa shape index (κ2) is 9.86. The van der Waals surface area contributed by atoms with Crippen LogP contribution in [0.3, 0.4) is 0 Å². The highest BCUT2D eigenvalue weighted by Gasteiger charge is 2.35. The van der Waals surface area contributed by atoms with Crippen LogP contribution in [0, 0.1) is 0 Å². The first-order valence-electron chi connectivity index (χ1n) is 10.6. The number of aromatic carboxylic acids is 1. The van der Waals surface area contributed by atoms with E-state index in [9.17, 15) is 24.3 Å². The van der Waals surface area contributed by atoms with Gasteiger partial charge in [0.25, 0.3) is 5.91 Å². The molecule has 0 aliphatic carbocycles. The Hall–Kier alpha value is -4.37. The number of halogens is 1. The Kier molecular flexibility index (Phi) is 6.70. The Morgan fingerprint density at radius 2 is 1.91 bits per heavy atom. The maximum Gasteiger partial charge on any atom is 0.335 e. The zero-order chi connectivity index (χ0) is 25.1. The maximum atomic E-state index is 12.7. The molecule has 1 fully saturated rings. The van der Waals surface area contributed by atoms with Gasteiger partial charge in [-0.25, -0.2) is 14.5 Å². The third kappa shape index (κ3) is 5.10. The smallest absolute Gasteiger partial charge is 0.335 e. The molecular formula is C25H20ClN3O6. The number of carbonyl (C=O) groups excluding carboxylic acids is 3. The Bertz CT molecular complexity index is 1380. The molecule has 9 nitrogen and oxygen atoms in total. The van der Waals surface area contributed by atoms with Crippen LogP contribution in [0.2, 0.25) is 5.02 Å². The van der Waals surface area contributed by atoms with Crippen LogP contribution < -0.4 is 10.6 Å². The first-order chi connectivity index (χ1) is 16.8. The number of urea groups is 1. The van der Waals surface area contributed by atoms with Crippen LogP contribution in [0.15, 0.2) is 64.7 Å². The lowest BCUT2D eigenvalue weighted by Crippen LogP contribution is -2.38. The van der Waals surface area contributed by atoms with E-state index in [0.29, 0.717) is 17.7 Å². The molecule has 4 rings (SSSR count). The molecule has 1 aromatic heterocycles. The van der Waals surface area contributed by atoms with E-state index < -0.39 is 30.4 Å². The van der Waals surface area contributed by atoms with Gasteiger partial charge in [-0.15, -0.1) is 0 Å². The third-order valence-electron chi connectivity index (χ3n) is 5.33. The number of hydrogen-bond acceptors (Lipinski definition) is 5. The van der Waals surface area contributed by atoms with Crippen LogP contribution in [-0.4, -0.2) is 40.4 Å². The molecule has 1 saturated heterocycles. The zero-order valence-electron chi connectivity index (χ0n) is 18.5. The first-order valence-corrected chi connectivity index (χ1v) is 11.0. The number of hydrogen-bond donors (Lipinski definition) is 3. The molecule has 0 spiro atoms. The number of carbonyl (C=O) groups is 4. The van der Waals surface area contributed by atoms with Crippen LogP contribution in [0.1, 0.15) is 28.6 Å². The van der Waals surface area contributed by atoms with E-state index in [4.69, 9.17) is 16.0 Å². The second-order valence-corrected chi connectivity index (χ2v) is 8.05. The van der Waals surface area contributed by atoms with Gasteiger partial charge >= 0.3 is 12.0 Å².